The third-order valence-corrected chi connectivity index (χ3v) is 4.25. The maximum atomic E-state index is 13.5. The summed E-state index contributed by atoms with van der Waals surface area (Å²) in [5, 5.41) is 10.3. The van der Waals surface area contributed by atoms with Crippen LogP contribution in [0.2, 0.25) is 5.02 Å². The first-order valence-electron chi connectivity index (χ1n) is 7.06. The van der Waals surface area contributed by atoms with Crippen LogP contribution in [-0.4, -0.2) is 40.5 Å². The van der Waals surface area contributed by atoms with Crippen LogP contribution in [0.1, 0.15) is 36.0 Å². The summed E-state index contributed by atoms with van der Waals surface area (Å²) in [6.45, 7) is 0.524. The van der Waals surface area contributed by atoms with E-state index in [-0.39, 0.29) is 30.0 Å². The number of likely N-dealkylation sites (tertiary alicyclic amines) is 1. The maximum absolute atomic E-state index is 13.5. The summed E-state index contributed by atoms with van der Waals surface area (Å²) in [6.07, 6.45) is 1.33. The Balaban J connectivity index is 2.13. The summed E-state index contributed by atoms with van der Waals surface area (Å²) >= 11 is 5.83. The number of nitrogens with zero attached hydrogens (tertiary/aromatic N) is 1. The van der Waals surface area contributed by atoms with Crippen molar-refractivity contribution in [2.24, 2.45) is 5.73 Å². The fraction of sp³-hybridized carbons (Fsp3) is 0.467. The van der Waals surface area contributed by atoms with Crippen molar-refractivity contribution in [3.8, 4) is 0 Å². The average molecular weight is 329 g/mol. The Hall–Kier alpha value is -1.66. The molecule has 1 atom stereocenters. The molecule has 7 heteroatoms. The van der Waals surface area contributed by atoms with Crippen molar-refractivity contribution in [1.82, 2.24) is 4.90 Å². The van der Waals surface area contributed by atoms with Gasteiger partial charge in [-0.2, -0.15) is 0 Å². The molecule has 0 unspecified atom stereocenters. The van der Waals surface area contributed by atoms with Crippen molar-refractivity contribution in [1.29, 1.82) is 0 Å². The predicted octanol–water partition coefficient (Wildman–Crippen LogP) is 1.71. The van der Waals surface area contributed by atoms with Crippen LogP contribution < -0.4 is 5.73 Å². The highest BCUT2D eigenvalue weighted by atomic mass is 35.5. The lowest BCUT2D eigenvalue weighted by Gasteiger charge is -2.39. The van der Waals surface area contributed by atoms with Crippen molar-refractivity contribution in [2.45, 2.75) is 31.3 Å². The first-order chi connectivity index (χ1) is 10.3. The molecule has 1 aliphatic heterocycles. The molecular formula is C15H18ClFN2O3. The first-order valence-corrected chi connectivity index (χ1v) is 7.44. The number of hydrogen-bond acceptors (Lipinski definition) is 3. The minimum Gasteiger partial charge on any atom is -0.388 e. The van der Waals surface area contributed by atoms with Crippen molar-refractivity contribution in [3.05, 3.63) is 34.6 Å². The molecule has 1 fully saturated rings. The summed E-state index contributed by atoms with van der Waals surface area (Å²) in [4.78, 5) is 24.8. The number of carbonyl (C=O) groups is 2. The van der Waals surface area contributed by atoms with Crippen LogP contribution in [0.4, 0.5) is 4.39 Å². The van der Waals surface area contributed by atoms with E-state index in [0.717, 1.165) is 0 Å². The van der Waals surface area contributed by atoms with E-state index in [4.69, 9.17) is 17.3 Å². The zero-order chi connectivity index (χ0) is 16.3. The fourth-order valence-corrected chi connectivity index (χ4v) is 2.89. The van der Waals surface area contributed by atoms with Gasteiger partial charge in [0, 0.05) is 19.5 Å². The van der Waals surface area contributed by atoms with Crippen LogP contribution in [0.3, 0.4) is 0 Å². The molecule has 1 aliphatic rings. The molecule has 1 aromatic rings. The minimum atomic E-state index is -1.15. The largest absolute Gasteiger partial charge is 0.388 e. The quantitative estimate of drug-likeness (QED) is 0.882. The predicted molar refractivity (Wildman–Crippen MR) is 79.9 cm³/mol. The van der Waals surface area contributed by atoms with E-state index in [1.165, 1.54) is 23.1 Å². The van der Waals surface area contributed by atoms with E-state index in [0.29, 0.717) is 19.4 Å². The van der Waals surface area contributed by atoms with E-state index in [9.17, 15) is 19.1 Å². The highest BCUT2D eigenvalue weighted by molar-refractivity contribution is 6.34. The van der Waals surface area contributed by atoms with Crippen molar-refractivity contribution < 1.29 is 19.1 Å². The molecule has 5 nitrogen and oxygen atoms in total. The van der Waals surface area contributed by atoms with Gasteiger partial charge in [0.05, 0.1) is 16.2 Å². The van der Waals surface area contributed by atoms with Crippen LogP contribution in [0, 0.1) is 5.82 Å². The van der Waals surface area contributed by atoms with E-state index in [1.807, 2.05) is 0 Å². The minimum absolute atomic E-state index is 0.0548. The van der Waals surface area contributed by atoms with Crippen LogP contribution in [0.5, 0.6) is 0 Å². The Morgan fingerprint density at radius 2 is 2.18 bits per heavy atom. The molecule has 0 bridgehead atoms. The van der Waals surface area contributed by atoms with Gasteiger partial charge in [0.1, 0.15) is 5.82 Å². The molecule has 3 N–H and O–H groups in total. The molecule has 22 heavy (non-hydrogen) atoms. The van der Waals surface area contributed by atoms with Gasteiger partial charge in [-0.15, -0.1) is 0 Å². The van der Waals surface area contributed by atoms with Crippen molar-refractivity contribution >= 4 is 23.4 Å². The van der Waals surface area contributed by atoms with Gasteiger partial charge in [-0.05, 0) is 31.4 Å². The summed E-state index contributed by atoms with van der Waals surface area (Å²) < 4.78 is 13.5. The Morgan fingerprint density at radius 3 is 2.86 bits per heavy atom. The number of nitrogens with two attached hydrogens (primary N) is 1. The number of carbonyl (C=O) groups excluding carboxylic acids is 2. The molecule has 120 valence electrons. The molecule has 0 aliphatic carbocycles. The molecule has 0 spiro atoms. The Labute approximate surface area is 132 Å². The number of amides is 2. The fourth-order valence-electron chi connectivity index (χ4n) is 2.68. The number of β-amino-alcohol motifs (C(OH)–C–C–N with tert-alkyl or cyclic N) is 1. The van der Waals surface area contributed by atoms with Crippen LogP contribution in [0.25, 0.3) is 0 Å². The molecular weight excluding hydrogens is 311 g/mol. The Bertz CT molecular complexity index is 596. The first kappa shape index (κ1) is 16.7. The number of rotatable bonds is 4. The number of halogens is 2. The maximum Gasteiger partial charge on any atom is 0.255 e. The molecule has 0 saturated carbocycles. The second-order valence-corrected chi connectivity index (χ2v) is 6.00. The topological polar surface area (TPSA) is 83.6 Å². The van der Waals surface area contributed by atoms with Gasteiger partial charge >= 0.3 is 0 Å². The molecule has 2 rings (SSSR count). The zero-order valence-corrected chi connectivity index (χ0v) is 12.8. The van der Waals surface area contributed by atoms with E-state index in [2.05, 4.69) is 0 Å². The lowest BCUT2D eigenvalue weighted by atomic mass is 9.88. The van der Waals surface area contributed by atoms with Gasteiger partial charge in [-0.3, -0.25) is 9.59 Å². The lowest BCUT2D eigenvalue weighted by Crippen LogP contribution is -2.50. The number of benzene rings is 1. The number of aliphatic hydroxyl groups is 1. The average Bonchev–Trinajstić information content (AvgIpc) is 2.47. The molecule has 1 heterocycles. The summed E-state index contributed by atoms with van der Waals surface area (Å²) in [7, 11) is 0. The van der Waals surface area contributed by atoms with Gasteiger partial charge in [-0.1, -0.05) is 17.7 Å². The smallest absolute Gasteiger partial charge is 0.255 e. The summed E-state index contributed by atoms with van der Waals surface area (Å²) in [5.41, 5.74) is 4.02. The highest BCUT2D eigenvalue weighted by Gasteiger charge is 2.36. The summed E-state index contributed by atoms with van der Waals surface area (Å²) in [5.74, 6) is -1.58. The molecule has 0 aromatic heterocycles. The molecule has 1 saturated heterocycles. The van der Waals surface area contributed by atoms with E-state index in [1.54, 1.807) is 0 Å². The van der Waals surface area contributed by atoms with Gasteiger partial charge < -0.3 is 15.7 Å². The third-order valence-electron chi connectivity index (χ3n) is 3.86. The Morgan fingerprint density at radius 1 is 1.45 bits per heavy atom. The number of piperidine rings is 1. The van der Waals surface area contributed by atoms with Gasteiger partial charge in [0.2, 0.25) is 5.91 Å². The number of hydrogen-bond donors (Lipinski definition) is 2. The zero-order valence-electron chi connectivity index (χ0n) is 12.0. The molecule has 0 radical (unpaired) electrons. The Kier molecular flexibility index (Phi) is 5.03. The normalized spacial score (nSPS) is 21.7. The van der Waals surface area contributed by atoms with Crippen molar-refractivity contribution in [2.75, 3.05) is 13.1 Å². The van der Waals surface area contributed by atoms with Gasteiger partial charge in [-0.25, -0.2) is 4.39 Å². The van der Waals surface area contributed by atoms with E-state index >= 15 is 0 Å². The van der Waals surface area contributed by atoms with Crippen molar-refractivity contribution in [3.63, 3.8) is 0 Å². The van der Waals surface area contributed by atoms with Gasteiger partial charge in [0.25, 0.3) is 5.91 Å². The monoisotopic (exact) mass is 328 g/mol. The standard InChI is InChI=1S/C15H18ClFN2O3/c16-13-10(3-1-4-11(13)17)14(21)19-8-2-6-15(22,9-19)7-5-12(18)20/h1,3-4,22H,2,5-9H2,(H2,18,20)/t15-/m1/s1. The van der Waals surface area contributed by atoms with Crippen LogP contribution in [-0.2, 0) is 4.79 Å². The number of primary amides is 1. The summed E-state index contributed by atoms with van der Waals surface area (Å²) in [6, 6.07) is 4.04. The van der Waals surface area contributed by atoms with Gasteiger partial charge in [0.15, 0.2) is 0 Å². The second kappa shape index (κ2) is 6.62. The second-order valence-electron chi connectivity index (χ2n) is 5.62. The van der Waals surface area contributed by atoms with E-state index < -0.39 is 23.2 Å². The highest BCUT2D eigenvalue weighted by Crippen LogP contribution is 2.28. The lowest BCUT2D eigenvalue weighted by molar-refractivity contribution is -0.120. The third kappa shape index (κ3) is 3.75. The van der Waals surface area contributed by atoms with Crippen LogP contribution in [0.15, 0.2) is 18.2 Å². The molecule has 1 aromatic carbocycles. The SMILES string of the molecule is NC(=O)CC[C@]1(O)CCCN(C(=O)c2cccc(F)c2Cl)C1. The van der Waals surface area contributed by atoms with Crippen LogP contribution >= 0.6 is 11.6 Å². The molecule has 2 amide bonds.